The summed E-state index contributed by atoms with van der Waals surface area (Å²) in [7, 11) is -3.18. The first-order valence-electron chi connectivity index (χ1n) is 5.84. The van der Waals surface area contributed by atoms with Gasteiger partial charge in [0.2, 0.25) is 10.0 Å². The van der Waals surface area contributed by atoms with Crippen molar-refractivity contribution in [2.24, 2.45) is 0 Å². The first-order chi connectivity index (χ1) is 8.84. The van der Waals surface area contributed by atoms with Gasteiger partial charge in [0.1, 0.15) is 0 Å². The number of halogens is 2. The van der Waals surface area contributed by atoms with E-state index in [1.807, 2.05) is 0 Å². The average molecular weight is 310 g/mol. The van der Waals surface area contributed by atoms with Gasteiger partial charge in [-0.15, -0.1) is 0 Å². The Labute approximate surface area is 117 Å². The quantitative estimate of drug-likeness (QED) is 0.782. The Morgan fingerprint density at radius 1 is 1.53 bits per heavy atom. The van der Waals surface area contributed by atoms with Crippen LogP contribution in [0.4, 0.5) is 10.2 Å². The topological polar surface area (TPSA) is 62.3 Å². The number of sulfonamides is 1. The van der Waals surface area contributed by atoms with Crippen LogP contribution in [0.3, 0.4) is 0 Å². The lowest BCUT2D eigenvalue weighted by Crippen LogP contribution is -2.31. The van der Waals surface area contributed by atoms with Crippen LogP contribution < -0.4 is 5.32 Å². The molecule has 0 spiro atoms. The smallest absolute Gasteiger partial charge is 0.211 e. The Morgan fingerprint density at radius 2 is 2.21 bits per heavy atom. The average Bonchev–Trinajstić information content (AvgIpc) is 2.29. The summed E-state index contributed by atoms with van der Waals surface area (Å²) in [5.74, 6) is -0.408. The fraction of sp³-hybridized carbons (Fsp3) is 0.545. The van der Waals surface area contributed by atoms with Gasteiger partial charge in [-0.25, -0.2) is 22.1 Å². The van der Waals surface area contributed by atoms with Crippen molar-refractivity contribution in [1.29, 1.82) is 0 Å². The zero-order chi connectivity index (χ0) is 14.5. The second kappa shape index (κ2) is 7.02. The highest BCUT2D eigenvalue weighted by molar-refractivity contribution is 7.88. The Kier molecular flexibility index (Phi) is 5.96. The summed E-state index contributed by atoms with van der Waals surface area (Å²) < 4.78 is 37.4. The normalized spacial score (nSPS) is 11.8. The summed E-state index contributed by atoms with van der Waals surface area (Å²) in [5.41, 5.74) is 0. The Morgan fingerprint density at radius 3 is 2.74 bits per heavy atom. The van der Waals surface area contributed by atoms with Crippen LogP contribution >= 0.6 is 11.6 Å². The maximum absolute atomic E-state index is 13.4. The molecule has 108 valence electrons. The molecule has 8 heteroatoms. The largest absolute Gasteiger partial charge is 0.368 e. The predicted molar refractivity (Wildman–Crippen MR) is 74.4 cm³/mol. The summed E-state index contributed by atoms with van der Waals surface area (Å²) in [5, 5.41) is 3.04. The number of anilines is 1. The highest BCUT2D eigenvalue weighted by atomic mass is 35.5. The minimum absolute atomic E-state index is 0.117. The van der Waals surface area contributed by atoms with Gasteiger partial charge in [-0.05, 0) is 12.5 Å². The highest BCUT2D eigenvalue weighted by Crippen LogP contribution is 2.15. The van der Waals surface area contributed by atoms with Crippen LogP contribution in [-0.2, 0) is 10.0 Å². The minimum atomic E-state index is -3.18. The van der Waals surface area contributed by atoms with Gasteiger partial charge >= 0.3 is 0 Å². The minimum Gasteiger partial charge on any atom is -0.368 e. The molecule has 1 N–H and O–H groups in total. The Balaban J connectivity index is 2.42. The molecule has 19 heavy (non-hydrogen) atoms. The highest BCUT2D eigenvalue weighted by Gasteiger charge is 2.13. The molecule has 0 saturated carbocycles. The van der Waals surface area contributed by atoms with Gasteiger partial charge in [0.25, 0.3) is 0 Å². The zero-order valence-corrected chi connectivity index (χ0v) is 12.4. The van der Waals surface area contributed by atoms with Crippen LogP contribution in [-0.4, -0.2) is 43.6 Å². The van der Waals surface area contributed by atoms with Crippen molar-refractivity contribution in [2.45, 2.75) is 13.3 Å². The van der Waals surface area contributed by atoms with Gasteiger partial charge in [0, 0.05) is 25.8 Å². The molecule has 0 aliphatic carbocycles. The third-order valence-corrected chi connectivity index (χ3v) is 4.09. The van der Waals surface area contributed by atoms with Gasteiger partial charge in [-0.1, -0.05) is 18.5 Å². The second-order valence-corrected chi connectivity index (χ2v) is 6.44. The Hall–Kier alpha value is -0.920. The third-order valence-electron chi connectivity index (χ3n) is 2.51. The Bertz CT molecular complexity index is 525. The van der Waals surface area contributed by atoms with Gasteiger partial charge in [-0.3, -0.25) is 0 Å². The van der Waals surface area contributed by atoms with Crippen LogP contribution in [0.2, 0.25) is 5.02 Å². The second-order valence-electron chi connectivity index (χ2n) is 4.02. The van der Waals surface area contributed by atoms with Crippen LogP contribution in [0.25, 0.3) is 0 Å². The van der Waals surface area contributed by atoms with Gasteiger partial charge in [0.15, 0.2) is 11.6 Å². The summed E-state index contributed by atoms with van der Waals surface area (Å²) in [6.45, 7) is 3.01. The molecule has 0 radical (unpaired) electrons. The lowest BCUT2D eigenvalue weighted by Gasteiger charge is -2.17. The molecule has 0 bridgehead atoms. The van der Waals surface area contributed by atoms with Crippen molar-refractivity contribution < 1.29 is 12.8 Å². The van der Waals surface area contributed by atoms with E-state index >= 15 is 0 Å². The van der Waals surface area contributed by atoms with E-state index in [9.17, 15) is 12.8 Å². The number of aromatic nitrogens is 1. The molecular weight excluding hydrogens is 293 g/mol. The maximum Gasteiger partial charge on any atom is 0.211 e. The van der Waals surface area contributed by atoms with E-state index in [-0.39, 0.29) is 10.8 Å². The van der Waals surface area contributed by atoms with Gasteiger partial charge in [-0.2, -0.15) is 0 Å². The van der Waals surface area contributed by atoms with Crippen LogP contribution in [0.15, 0.2) is 12.3 Å². The molecule has 0 aromatic carbocycles. The monoisotopic (exact) mass is 309 g/mol. The fourth-order valence-corrected chi connectivity index (χ4v) is 2.64. The summed E-state index contributed by atoms with van der Waals surface area (Å²) in [6.07, 6.45) is 3.08. The fourth-order valence-electron chi connectivity index (χ4n) is 1.57. The van der Waals surface area contributed by atoms with E-state index in [0.717, 1.165) is 0 Å². The van der Waals surface area contributed by atoms with E-state index < -0.39 is 15.8 Å². The number of pyridine rings is 1. The first kappa shape index (κ1) is 16.1. The molecule has 0 aliphatic rings. The predicted octanol–water partition coefficient (Wildman–Crippen LogP) is 1.96. The summed E-state index contributed by atoms with van der Waals surface area (Å²) in [6, 6.07) is 1.17. The molecule has 0 saturated heterocycles. The van der Waals surface area contributed by atoms with Crippen molar-refractivity contribution in [1.82, 2.24) is 9.29 Å². The van der Waals surface area contributed by atoms with Crippen LogP contribution in [0.1, 0.15) is 13.3 Å². The molecule has 1 aromatic rings. The van der Waals surface area contributed by atoms with Crippen molar-refractivity contribution >= 4 is 27.4 Å². The molecule has 0 unspecified atom stereocenters. The van der Waals surface area contributed by atoms with Crippen molar-refractivity contribution in [2.75, 3.05) is 31.2 Å². The standard InChI is InChI=1S/C11H17ClFN3O2S/c1-3-16(19(2,17)18)6-4-5-14-11-10(13)7-9(12)8-15-11/h7-8H,3-6H2,1-2H3,(H,14,15). The molecule has 0 atom stereocenters. The van der Waals surface area contributed by atoms with Crippen molar-refractivity contribution in [3.63, 3.8) is 0 Å². The van der Waals surface area contributed by atoms with E-state index in [0.29, 0.717) is 26.1 Å². The van der Waals surface area contributed by atoms with E-state index in [1.165, 1.54) is 22.8 Å². The van der Waals surface area contributed by atoms with Crippen molar-refractivity contribution in [3.05, 3.63) is 23.1 Å². The molecule has 1 heterocycles. The van der Waals surface area contributed by atoms with Gasteiger partial charge in [0.05, 0.1) is 11.3 Å². The first-order valence-corrected chi connectivity index (χ1v) is 8.07. The van der Waals surface area contributed by atoms with E-state index in [4.69, 9.17) is 11.6 Å². The summed E-state index contributed by atoms with van der Waals surface area (Å²) in [4.78, 5) is 3.81. The third kappa shape index (κ3) is 5.30. The lowest BCUT2D eigenvalue weighted by molar-refractivity contribution is 0.428. The molecule has 1 aromatic heterocycles. The number of rotatable bonds is 7. The molecule has 5 nitrogen and oxygen atoms in total. The molecule has 0 fully saturated rings. The van der Waals surface area contributed by atoms with Crippen molar-refractivity contribution in [3.8, 4) is 0 Å². The number of hydrogen-bond acceptors (Lipinski definition) is 4. The van der Waals surface area contributed by atoms with Gasteiger partial charge < -0.3 is 5.32 Å². The number of nitrogens with one attached hydrogen (secondary N) is 1. The van der Waals surface area contributed by atoms with E-state index in [2.05, 4.69) is 10.3 Å². The lowest BCUT2D eigenvalue weighted by atomic mass is 10.4. The molecule has 0 aliphatic heterocycles. The maximum atomic E-state index is 13.4. The molecular formula is C11H17ClFN3O2S. The molecule has 0 amide bonds. The van der Waals surface area contributed by atoms with E-state index in [1.54, 1.807) is 6.92 Å². The zero-order valence-electron chi connectivity index (χ0n) is 10.9. The SMILES string of the molecule is CCN(CCCNc1ncc(Cl)cc1F)S(C)(=O)=O. The van der Waals surface area contributed by atoms with Crippen LogP contribution in [0, 0.1) is 5.82 Å². The number of nitrogens with zero attached hydrogens (tertiary/aromatic N) is 2. The number of hydrogen-bond donors (Lipinski definition) is 1. The molecule has 1 rings (SSSR count). The van der Waals surface area contributed by atoms with Crippen LogP contribution in [0.5, 0.6) is 0 Å². The summed E-state index contributed by atoms with van der Waals surface area (Å²) >= 11 is 5.59.